The fourth-order valence-electron chi connectivity index (χ4n) is 4.86. The van der Waals surface area contributed by atoms with Crippen LogP contribution in [0, 0.1) is 0 Å². The maximum Gasteiger partial charge on any atom is 1.00 e. The Labute approximate surface area is 237 Å². The Balaban J connectivity index is 0. The van der Waals surface area contributed by atoms with Crippen molar-refractivity contribution in [1.82, 2.24) is 0 Å². The van der Waals surface area contributed by atoms with E-state index >= 15 is 0 Å². The predicted molar refractivity (Wildman–Crippen MR) is 145 cm³/mol. The standard InChI is InChI=1S/C29H60O3S.Na/c1-3-5-7-9-11-13-14-15-16-17-18-19-20-22-24-26-28-29(33(30,31)32)27-25-23-21-12-10-8-6-4-2;/h29H,3-28H2,1-2H3,(H,30,31,32);/q;+1/p-1. The van der Waals surface area contributed by atoms with E-state index in [-0.39, 0.29) is 29.6 Å². The summed E-state index contributed by atoms with van der Waals surface area (Å²) in [6, 6.07) is 0. The molecule has 5 heteroatoms. The molecule has 0 heterocycles. The van der Waals surface area contributed by atoms with Gasteiger partial charge in [0.25, 0.3) is 0 Å². The molecule has 0 amide bonds. The Kier molecular flexibility index (Phi) is 31.0. The molecule has 0 radical (unpaired) electrons. The van der Waals surface area contributed by atoms with Crippen LogP contribution in [0.1, 0.15) is 181 Å². The molecule has 0 aromatic heterocycles. The molecule has 200 valence electrons. The van der Waals surface area contributed by atoms with Crippen molar-refractivity contribution in [1.29, 1.82) is 0 Å². The van der Waals surface area contributed by atoms with Crippen LogP contribution >= 0.6 is 0 Å². The predicted octanol–water partition coefficient (Wildman–Crippen LogP) is 7.09. The Morgan fingerprint density at radius 3 is 0.853 bits per heavy atom. The van der Waals surface area contributed by atoms with Crippen molar-refractivity contribution in [2.24, 2.45) is 0 Å². The fraction of sp³-hybridized carbons (Fsp3) is 1.00. The molecule has 34 heavy (non-hydrogen) atoms. The first-order chi connectivity index (χ1) is 16.0. The van der Waals surface area contributed by atoms with Gasteiger partial charge in [0.15, 0.2) is 0 Å². The Morgan fingerprint density at radius 2 is 0.647 bits per heavy atom. The summed E-state index contributed by atoms with van der Waals surface area (Å²) in [6.07, 6.45) is 31.7. The van der Waals surface area contributed by atoms with Gasteiger partial charge in [0.05, 0.1) is 10.1 Å². The molecule has 0 aromatic carbocycles. The van der Waals surface area contributed by atoms with E-state index in [0.717, 1.165) is 25.7 Å². The normalized spacial score (nSPS) is 12.6. The Morgan fingerprint density at radius 1 is 0.441 bits per heavy atom. The smallest absolute Gasteiger partial charge is 0.748 e. The fourth-order valence-corrected chi connectivity index (χ4v) is 5.77. The topological polar surface area (TPSA) is 57.2 Å². The molecule has 1 unspecified atom stereocenters. The van der Waals surface area contributed by atoms with Gasteiger partial charge >= 0.3 is 29.6 Å². The van der Waals surface area contributed by atoms with Crippen molar-refractivity contribution >= 4 is 10.1 Å². The summed E-state index contributed by atoms with van der Waals surface area (Å²) in [5.41, 5.74) is 0. The summed E-state index contributed by atoms with van der Waals surface area (Å²) in [5.74, 6) is 0. The molecular weight excluding hydrogens is 451 g/mol. The molecule has 0 bridgehead atoms. The molecule has 0 fully saturated rings. The van der Waals surface area contributed by atoms with E-state index < -0.39 is 15.4 Å². The molecule has 0 rings (SSSR count). The van der Waals surface area contributed by atoms with E-state index in [4.69, 9.17) is 0 Å². The first-order valence-corrected chi connectivity index (χ1v) is 16.4. The van der Waals surface area contributed by atoms with Crippen LogP contribution in [0.3, 0.4) is 0 Å². The molecule has 3 nitrogen and oxygen atoms in total. The van der Waals surface area contributed by atoms with Gasteiger partial charge in [0, 0.05) is 5.25 Å². The number of rotatable bonds is 27. The van der Waals surface area contributed by atoms with Crippen molar-refractivity contribution in [3.05, 3.63) is 0 Å². The number of hydrogen-bond acceptors (Lipinski definition) is 3. The van der Waals surface area contributed by atoms with Crippen LogP contribution in [0.25, 0.3) is 0 Å². The third-order valence-corrected chi connectivity index (χ3v) is 8.46. The minimum absolute atomic E-state index is 0. The van der Waals surface area contributed by atoms with Crippen molar-refractivity contribution < 1.29 is 42.5 Å². The van der Waals surface area contributed by atoms with Crippen molar-refractivity contribution in [3.63, 3.8) is 0 Å². The molecular formula is C29H59NaO3S. The average Bonchev–Trinajstić information content (AvgIpc) is 2.78. The number of unbranched alkanes of at least 4 members (excludes halogenated alkanes) is 22. The summed E-state index contributed by atoms with van der Waals surface area (Å²) in [4.78, 5) is 0. The third kappa shape index (κ3) is 27.5. The van der Waals surface area contributed by atoms with Crippen molar-refractivity contribution in [2.75, 3.05) is 0 Å². The van der Waals surface area contributed by atoms with Crippen LogP contribution in [0.15, 0.2) is 0 Å². The van der Waals surface area contributed by atoms with Crippen LogP contribution in [-0.2, 0) is 10.1 Å². The zero-order chi connectivity index (χ0) is 24.5. The van der Waals surface area contributed by atoms with E-state index in [9.17, 15) is 13.0 Å². The molecule has 1 atom stereocenters. The van der Waals surface area contributed by atoms with Gasteiger partial charge in [-0.3, -0.25) is 0 Å². The van der Waals surface area contributed by atoms with E-state index in [1.165, 1.54) is 128 Å². The van der Waals surface area contributed by atoms with Gasteiger partial charge in [-0.05, 0) is 12.8 Å². The van der Waals surface area contributed by atoms with Gasteiger partial charge in [-0.1, -0.05) is 168 Å². The molecule has 0 aliphatic heterocycles. The molecule has 0 N–H and O–H groups in total. The van der Waals surface area contributed by atoms with E-state index in [0.29, 0.717) is 12.8 Å². The van der Waals surface area contributed by atoms with E-state index in [2.05, 4.69) is 13.8 Å². The van der Waals surface area contributed by atoms with Gasteiger partial charge in [-0.15, -0.1) is 0 Å². The molecule has 0 aromatic rings. The third-order valence-electron chi connectivity index (χ3n) is 7.17. The summed E-state index contributed by atoms with van der Waals surface area (Å²) in [7, 11) is -4.14. The van der Waals surface area contributed by atoms with Gasteiger partial charge in [0.1, 0.15) is 0 Å². The molecule has 0 spiro atoms. The number of hydrogen-bond donors (Lipinski definition) is 0. The van der Waals surface area contributed by atoms with Crippen molar-refractivity contribution in [2.45, 2.75) is 186 Å². The largest absolute Gasteiger partial charge is 1.00 e. The summed E-state index contributed by atoms with van der Waals surface area (Å²) in [5, 5.41) is -0.649. The van der Waals surface area contributed by atoms with Gasteiger partial charge in [-0.2, -0.15) is 0 Å². The summed E-state index contributed by atoms with van der Waals surface area (Å²) >= 11 is 0. The van der Waals surface area contributed by atoms with E-state index in [1.54, 1.807) is 0 Å². The van der Waals surface area contributed by atoms with Crippen LogP contribution in [0.4, 0.5) is 0 Å². The summed E-state index contributed by atoms with van der Waals surface area (Å²) in [6.45, 7) is 4.50. The second kappa shape index (κ2) is 28.5. The molecule has 0 saturated carbocycles. The SMILES string of the molecule is CCCCCCCCCCCCCCCCCCC(CCCCCCCCCC)S(=O)(=O)[O-].[Na+]. The van der Waals surface area contributed by atoms with Crippen LogP contribution in [-0.4, -0.2) is 18.2 Å². The second-order valence-electron chi connectivity index (χ2n) is 10.5. The molecule has 0 aliphatic rings. The summed E-state index contributed by atoms with van der Waals surface area (Å²) < 4.78 is 34.8. The zero-order valence-corrected chi connectivity index (χ0v) is 26.4. The quantitative estimate of drug-likeness (QED) is 0.0673. The minimum atomic E-state index is -4.14. The average molecular weight is 511 g/mol. The van der Waals surface area contributed by atoms with Crippen LogP contribution in [0.2, 0.25) is 0 Å². The maximum absolute atomic E-state index is 11.6. The second-order valence-corrected chi connectivity index (χ2v) is 12.1. The van der Waals surface area contributed by atoms with Gasteiger partial charge < -0.3 is 4.55 Å². The Hall–Kier alpha value is 0.910. The van der Waals surface area contributed by atoms with Gasteiger partial charge in [-0.25, -0.2) is 8.42 Å². The molecule has 0 saturated heterocycles. The first kappa shape index (κ1) is 37.1. The van der Waals surface area contributed by atoms with E-state index in [1.807, 2.05) is 0 Å². The Bertz CT molecular complexity index is 482. The monoisotopic (exact) mass is 510 g/mol. The van der Waals surface area contributed by atoms with Gasteiger partial charge in [0.2, 0.25) is 0 Å². The van der Waals surface area contributed by atoms with Crippen LogP contribution < -0.4 is 29.6 Å². The zero-order valence-electron chi connectivity index (χ0n) is 23.6. The first-order valence-electron chi connectivity index (χ1n) is 15.0. The molecule has 0 aliphatic carbocycles. The maximum atomic E-state index is 11.6. The van der Waals surface area contributed by atoms with Crippen LogP contribution in [0.5, 0.6) is 0 Å². The van der Waals surface area contributed by atoms with Crippen molar-refractivity contribution in [3.8, 4) is 0 Å². The minimum Gasteiger partial charge on any atom is -0.748 e.